The molecule has 0 fully saturated rings. The number of rotatable bonds is 35. The fourth-order valence-electron chi connectivity index (χ4n) is 5.99. The molecule has 73 heavy (non-hydrogen) atoms. The lowest BCUT2D eigenvalue weighted by molar-refractivity contribution is -0.167. The van der Waals surface area contributed by atoms with Crippen LogP contribution in [0.25, 0.3) is 0 Å². The van der Waals surface area contributed by atoms with Gasteiger partial charge in [0.15, 0.2) is 16.8 Å². The molecule has 1 aliphatic rings. The summed E-state index contributed by atoms with van der Waals surface area (Å²) in [4.78, 5) is 79.4. The first-order chi connectivity index (χ1) is 33.3. The number of esters is 3. The minimum atomic E-state index is -3.58. The molecule has 1 aliphatic carbocycles. The number of carbonyl (C=O) groups excluding carboxylic acids is 6. The fourth-order valence-corrected chi connectivity index (χ4v) is 9.58. The molecule has 0 aliphatic heterocycles. The van der Waals surface area contributed by atoms with Crippen molar-refractivity contribution in [3.63, 3.8) is 0 Å². The molecule has 0 saturated carbocycles. The van der Waals surface area contributed by atoms with Crippen LogP contribution in [0, 0.1) is 5.41 Å². The van der Waals surface area contributed by atoms with Gasteiger partial charge in [-0.2, -0.15) is 0 Å². The number of hydrogen-bond donors (Lipinski definition) is 4. The van der Waals surface area contributed by atoms with Gasteiger partial charge in [-0.15, -0.1) is 0 Å². The van der Waals surface area contributed by atoms with Gasteiger partial charge >= 0.3 is 17.9 Å². The molecule has 0 saturated heterocycles. The van der Waals surface area contributed by atoms with Crippen molar-refractivity contribution in [2.24, 2.45) is 5.41 Å². The van der Waals surface area contributed by atoms with Crippen LogP contribution in [-0.2, 0) is 76.7 Å². The molecule has 26 heteroatoms. The molecule has 1 rings (SSSR count). The number of sulfonamides is 1. The summed E-state index contributed by atoms with van der Waals surface area (Å²) in [5.41, 5.74) is -6.39. The first-order valence-electron chi connectivity index (χ1n) is 23.8. The lowest BCUT2D eigenvalue weighted by atomic mass is 9.87. The Morgan fingerprint density at radius 1 is 0.575 bits per heavy atom. The smallest absolute Gasteiger partial charge is 0.323 e. The van der Waals surface area contributed by atoms with Crippen LogP contribution < -0.4 is 16.0 Å². The van der Waals surface area contributed by atoms with Gasteiger partial charge in [0.2, 0.25) is 10.0 Å². The molecular weight excluding hydrogens is 1290 g/mol. The van der Waals surface area contributed by atoms with Crippen molar-refractivity contribution >= 4 is 116 Å². The molecule has 4 N–H and O–H groups in total. The number of aliphatic hydroxyl groups excluding tert-OH is 1. The van der Waals surface area contributed by atoms with E-state index >= 15 is 0 Å². The highest BCUT2D eigenvalue weighted by atomic mass is 127. The summed E-state index contributed by atoms with van der Waals surface area (Å²) in [5.74, 6) is -4.23. The maximum atomic E-state index is 13.7. The standard InChI is InChI=1S/C47H80Br3IN4O17S/c1-41(2,48)38(60)70-44(7,8)35(57)52-28-47(29-53-36(58)45(9,10)71-39(61)42(3,4)49,30-54-37(59)46(11,12)72-40(62)43(5,6)50)31-69-26-25-68-24-23-67-22-21-66-20-19-65-18-14-17-55(13)73(63,64)34-27-32(56)15-16-33(34)51/h15-16,32-34,56H,14,17-31H2,1-13H3,(H,52,57)(H,53,58)(H,54,59). The topological polar surface area (TPSA) is 270 Å². The molecule has 0 heterocycles. The van der Waals surface area contributed by atoms with E-state index in [4.69, 9.17) is 37.9 Å². The van der Waals surface area contributed by atoms with E-state index in [1.165, 1.54) is 52.9 Å². The van der Waals surface area contributed by atoms with E-state index in [0.717, 1.165) is 0 Å². The first kappa shape index (κ1) is 69.4. The summed E-state index contributed by atoms with van der Waals surface area (Å²) in [6.07, 6.45) is 3.24. The summed E-state index contributed by atoms with van der Waals surface area (Å²) < 4.78 is 68.9. The second kappa shape index (κ2) is 30.5. The number of amides is 3. The lowest BCUT2D eigenvalue weighted by Crippen LogP contribution is -2.60. The number of aliphatic hydroxyl groups is 1. The van der Waals surface area contributed by atoms with Crippen molar-refractivity contribution in [2.45, 2.75) is 141 Å². The highest BCUT2D eigenvalue weighted by Gasteiger charge is 2.44. The van der Waals surface area contributed by atoms with Crippen LogP contribution in [0.2, 0.25) is 0 Å². The minimum Gasteiger partial charge on any atom is -0.449 e. The van der Waals surface area contributed by atoms with E-state index in [1.807, 2.05) is 0 Å². The monoisotopic (exact) mass is 1370 g/mol. The molecular formula is C47H80Br3IN4O17S. The number of ether oxygens (including phenoxy) is 8. The van der Waals surface area contributed by atoms with Crippen LogP contribution in [0.5, 0.6) is 0 Å². The van der Waals surface area contributed by atoms with E-state index in [9.17, 15) is 42.3 Å². The molecule has 3 atom stereocenters. The molecule has 21 nitrogen and oxygen atoms in total. The Morgan fingerprint density at radius 3 is 1.22 bits per heavy atom. The van der Waals surface area contributed by atoms with Crippen molar-refractivity contribution in [1.82, 2.24) is 20.3 Å². The molecule has 0 spiro atoms. The average Bonchev–Trinajstić information content (AvgIpc) is 3.26. The molecule has 424 valence electrons. The highest BCUT2D eigenvalue weighted by Crippen LogP contribution is 2.29. The van der Waals surface area contributed by atoms with Crippen LogP contribution in [0.3, 0.4) is 0 Å². The molecule has 0 aromatic rings. The summed E-state index contributed by atoms with van der Waals surface area (Å²) in [6.45, 7) is 19.2. The van der Waals surface area contributed by atoms with Gasteiger partial charge in [-0.05, 0) is 95.9 Å². The van der Waals surface area contributed by atoms with Crippen LogP contribution in [0.4, 0.5) is 0 Å². The third-order valence-corrected chi connectivity index (χ3v) is 15.9. The third kappa shape index (κ3) is 25.6. The molecule has 3 amide bonds. The predicted octanol–water partition coefficient (Wildman–Crippen LogP) is 4.04. The third-order valence-electron chi connectivity index (χ3n) is 10.8. The summed E-state index contributed by atoms with van der Waals surface area (Å²) >= 11 is 11.8. The Balaban J connectivity index is 2.93. The Bertz CT molecular complexity index is 1820. The largest absolute Gasteiger partial charge is 0.449 e. The van der Waals surface area contributed by atoms with Crippen molar-refractivity contribution < 1.29 is 80.2 Å². The fraction of sp³-hybridized carbons (Fsp3) is 0.830. The first-order valence-corrected chi connectivity index (χ1v) is 28.9. The number of hydrogen-bond acceptors (Lipinski definition) is 17. The second-order valence-electron chi connectivity index (χ2n) is 20.6. The zero-order valence-electron chi connectivity index (χ0n) is 44.5. The van der Waals surface area contributed by atoms with Crippen molar-refractivity contribution in [3.05, 3.63) is 12.2 Å². The van der Waals surface area contributed by atoms with Gasteiger partial charge in [-0.3, -0.25) is 28.8 Å². The maximum Gasteiger partial charge on any atom is 0.323 e. The Morgan fingerprint density at radius 2 is 0.890 bits per heavy atom. The second-order valence-corrected chi connectivity index (χ2v) is 30.2. The van der Waals surface area contributed by atoms with Gasteiger partial charge in [-0.25, -0.2) is 12.7 Å². The molecule has 0 radical (unpaired) electrons. The SMILES string of the molecule is CN(CCCOCCOCCOCCOCCOCC(CNC(=O)C(C)(C)OC(=O)C(C)(C)Br)(CNC(=O)C(C)(C)OC(=O)C(C)(C)Br)CNC(=O)C(C)(C)OC(=O)C(C)(C)Br)S(=O)(=O)C1CC(O)C=CC1I. The van der Waals surface area contributed by atoms with Gasteiger partial charge in [0.05, 0.1) is 70.8 Å². The van der Waals surface area contributed by atoms with Crippen LogP contribution >= 0.6 is 70.4 Å². The van der Waals surface area contributed by atoms with E-state index < -0.39 is 92.2 Å². The van der Waals surface area contributed by atoms with E-state index in [0.29, 0.717) is 32.8 Å². The predicted molar refractivity (Wildman–Crippen MR) is 293 cm³/mol. The van der Waals surface area contributed by atoms with Gasteiger partial charge in [0.1, 0.15) is 13.0 Å². The van der Waals surface area contributed by atoms with E-state index in [1.54, 1.807) is 53.7 Å². The number of halogens is 4. The number of carbonyl (C=O) groups is 6. The van der Waals surface area contributed by atoms with Crippen molar-refractivity contribution in [2.75, 3.05) is 99.3 Å². The molecule has 3 unspecified atom stereocenters. The van der Waals surface area contributed by atoms with E-state index in [2.05, 4.69) is 86.3 Å². The Kier molecular flexibility index (Phi) is 29.0. The van der Waals surface area contributed by atoms with Gasteiger partial charge in [0, 0.05) is 49.2 Å². The highest BCUT2D eigenvalue weighted by molar-refractivity contribution is 14.1. The van der Waals surface area contributed by atoms with Crippen LogP contribution in [0.1, 0.15) is 95.9 Å². The number of allylic oxidation sites excluding steroid dienone is 1. The van der Waals surface area contributed by atoms with E-state index in [-0.39, 0.29) is 76.2 Å². The zero-order chi connectivity index (χ0) is 56.3. The number of nitrogens with one attached hydrogen (secondary N) is 3. The molecule has 0 bridgehead atoms. The van der Waals surface area contributed by atoms with Crippen LogP contribution in [0.15, 0.2) is 12.2 Å². The normalized spacial score (nSPS) is 17.2. The van der Waals surface area contributed by atoms with Crippen LogP contribution in [-0.4, -0.2) is 198 Å². The molecule has 0 aromatic heterocycles. The average molecular weight is 1370 g/mol. The zero-order valence-corrected chi connectivity index (χ0v) is 52.3. The maximum absolute atomic E-state index is 13.7. The molecule has 0 aromatic carbocycles. The lowest BCUT2D eigenvalue weighted by Gasteiger charge is -2.37. The van der Waals surface area contributed by atoms with Gasteiger partial charge < -0.3 is 59.0 Å². The summed E-state index contributed by atoms with van der Waals surface area (Å²) in [7, 11) is -2.04. The van der Waals surface area contributed by atoms with Crippen molar-refractivity contribution in [1.29, 1.82) is 0 Å². The van der Waals surface area contributed by atoms with Gasteiger partial charge in [0.25, 0.3) is 17.7 Å². The Hall–Kier alpha value is -1.60. The van der Waals surface area contributed by atoms with Crippen molar-refractivity contribution in [3.8, 4) is 0 Å². The number of nitrogens with zero attached hydrogens (tertiary/aromatic N) is 1. The quantitative estimate of drug-likeness (QED) is 0.0174. The van der Waals surface area contributed by atoms with Gasteiger partial charge in [-0.1, -0.05) is 82.5 Å². The summed E-state index contributed by atoms with van der Waals surface area (Å²) in [5, 5.41) is 17.6. The Labute approximate surface area is 471 Å². The summed E-state index contributed by atoms with van der Waals surface area (Å²) in [6, 6.07) is 0. The number of alkyl halides is 4. The minimum absolute atomic E-state index is 0.0181.